The van der Waals surface area contributed by atoms with Crippen LogP contribution in [0, 0.1) is 0 Å². The molecule has 0 radical (unpaired) electrons. The fourth-order valence-electron chi connectivity index (χ4n) is 1.51. The number of rotatable bonds is 6. The molecule has 0 atom stereocenters. The molecule has 0 fully saturated rings. The monoisotopic (exact) mass is 252 g/mol. The molecule has 17 heavy (non-hydrogen) atoms. The van der Waals surface area contributed by atoms with Crippen LogP contribution in [0.15, 0.2) is 18.7 Å². The third-order valence-electron chi connectivity index (χ3n) is 2.39. The summed E-state index contributed by atoms with van der Waals surface area (Å²) in [7, 11) is 1.69. The quantitative estimate of drug-likeness (QED) is 0.800. The summed E-state index contributed by atoms with van der Waals surface area (Å²) in [5.74, 6) is 0. The third-order valence-corrected chi connectivity index (χ3v) is 3.37. The molecule has 0 saturated carbocycles. The maximum Gasteiger partial charge on any atom is 0.183 e. The molecule has 1 N–H and O–H groups in total. The number of methoxy groups -OCH3 is 1. The number of anilines is 1. The number of nitrogens with zero attached hydrogens (tertiary/aromatic N) is 3. The first-order valence-corrected chi connectivity index (χ1v) is 6.36. The highest BCUT2D eigenvalue weighted by atomic mass is 32.1. The maximum absolute atomic E-state index is 4.98. The normalized spacial score (nSPS) is 10.7. The van der Waals surface area contributed by atoms with Gasteiger partial charge in [-0.3, -0.25) is 0 Å². The molecule has 0 amide bonds. The Bertz CT molecular complexity index is 465. The van der Waals surface area contributed by atoms with Gasteiger partial charge in [-0.1, -0.05) is 11.3 Å². The van der Waals surface area contributed by atoms with E-state index >= 15 is 0 Å². The summed E-state index contributed by atoms with van der Waals surface area (Å²) in [4.78, 5) is 9.61. The number of hydrogen-bond acceptors (Lipinski definition) is 5. The number of aromatic nitrogens is 3. The fourth-order valence-corrected chi connectivity index (χ4v) is 2.38. The van der Waals surface area contributed by atoms with Gasteiger partial charge in [-0.15, -0.1) is 0 Å². The van der Waals surface area contributed by atoms with Crippen molar-refractivity contribution < 1.29 is 4.74 Å². The van der Waals surface area contributed by atoms with Gasteiger partial charge in [0.05, 0.1) is 29.7 Å². The number of hydrogen-bond donors (Lipinski definition) is 1. The lowest BCUT2D eigenvalue weighted by Crippen LogP contribution is -2.06. The highest BCUT2D eigenvalue weighted by molar-refractivity contribution is 7.18. The third kappa shape index (κ3) is 2.83. The standard InChI is InChI=1S/C11H16N4OS/c1-3-15-8-12-6-9(15)10-7-14-11(17-10)13-4-5-16-2/h6-8H,3-5H2,1-2H3,(H,13,14). The zero-order valence-corrected chi connectivity index (χ0v) is 10.8. The van der Waals surface area contributed by atoms with Gasteiger partial charge in [-0.25, -0.2) is 9.97 Å². The minimum atomic E-state index is 0.682. The zero-order valence-electron chi connectivity index (χ0n) is 10.0. The fraction of sp³-hybridized carbons (Fsp3) is 0.455. The minimum Gasteiger partial charge on any atom is -0.383 e. The first-order chi connectivity index (χ1) is 8.35. The van der Waals surface area contributed by atoms with E-state index in [9.17, 15) is 0 Å². The Hall–Kier alpha value is -1.40. The van der Waals surface area contributed by atoms with Gasteiger partial charge < -0.3 is 14.6 Å². The second-order valence-electron chi connectivity index (χ2n) is 3.51. The van der Waals surface area contributed by atoms with Crippen molar-refractivity contribution in [1.29, 1.82) is 0 Å². The van der Waals surface area contributed by atoms with Crippen LogP contribution in [0.1, 0.15) is 6.92 Å². The molecule has 0 bridgehead atoms. The lowest BCUT2D eigenvalue weighted by atomic mass is 10.4. The Kier molecular flexibility index (Phi) is 4.11. The molecule has 0 aliphatic carbocycles. The van der Waals surface area contributed by atoms with E-state index in [4.69, 9.17) is 4.74 Å². The Morgan fingerprint density at radius 2 is 2.35 bits per heavy atom. The maximum atomic E-state index is 4.98. The van der Waals surface area contributed by atoms with Crippen molar-refractivity contribution in [3.05, 3.63) is 18.7 Å². The lowest BCUT2D eigenvalue weighted by Gasteiger charge is -2.01. The Balaban J connectivity index is 2.07. The van der Waals surface area contributed by atoms with E-state index in [-0.39, 0.29) is 0 Å². The number of imidazole rings is 1. The van der Waals surface area contributed by atoms with Crippen molar-refractivity contribution in [2.75, 3.05) is 25.6 Å². The van der Waals surface area contributed by atoms with Gasteiger partial charge in [0.2, 0.25) is 0 Å². The Morgan fingerprint density at radius 1 is 1.47 bits per heavy atom. The Labute approximate surface area is 104 Å². The van der Waals surface area contributed by atoms with Crippen LogP contribution in [0.25, 0.3) is 10.6 Å². The van der Waals surface area contributed by atoms with Gasteiger partial charge in [0.25, 0.3) is 0 Å². The molecule has 0 aromatic carbocycles. The summed E-state index contributed by atoms with van der Waals surface area (Å²) < 4.78 is 7.08. The molecule has 2 aromatic rings. The van der Waals surface area contributed by atoms with Crippen LogP contribution in [0.3, 0.4) is 0 Å². The molecular weight excluding hydrogens is 236 g/mol. The largest absolute Gasteiger partial charge is 0.383 e. The molecule has 0 aliphatic rings. The first-order valence-electron chi connectivity index (χ1n) is 5.54. The first kappa shape index (κ1) is 12.1. The zero-order chi connectivity index (χ0) is 12.1. The minimum absolute atomic E-state index is 0.682. The summed E-state index contributed by atoms with van der Waals surface area (Å²) in [6.45, 7) is 4.47. The van der Waals surface area contributed by atoms with Gasteiger partial charge in [0, 0.05) is 26.4 Å². The molecule has 6 heteroatoms. The highest BCUT2D eigenvalue weighted by Gasteiger charge is 2.08. The highest BCUT2D eigenvalue weighted by Crippen LogP contribution is 2.28. The van der Waals surface area contributed by atoms with E-state index in [2.05, 4.69) is 26.8 Å². The number of nitrogens with one attached hydrogen (secondary N) is 1. The van der Waals surface area contributed by atoms with Crippen LogP contribution in [0.4, 0.5) is 5.13 Å². The topological polar surface area (TPSA) is 52.0 Å². The predicted octanol–water partition coefficient (Wildman–Crippen LogP) is 2.08. The number of ether oxygens (including phenoxy) is 1. The lowest BCUT2D eigenvalue weighted by molar-refractivity contribution is 0.211. The summed E-state index contributed by atoms with van der Waals surface area (Å²) in [5.41, 5.74) is 1.12. The number of thiazole rings is 1. The molecule has 0 unspecified atom stereocenters. The Morgan fingerprint density at radius 3 is 3.12 bits per heavy atom. The van der Waals surface area contributed by atoms with Crippen molar-refractivity contribution in [1.82, 2.24) is 14.5 Å². The van der Waals surface area contributed by atoms with Gasteiger partial charge >= 0.3 is 0 Å². The van der Waals surface area contributed by atoms with E-state index in [1.807, 2.05) is 18.7 Å². The second kappa shape index (κ2) is 5.79. The van der Waals surface area contributed by atoms with Crippen LogP contribution >= 0.6 is 11.3 Å². The average molecular weight is 252 g/mol. The van der Waals surface area contributed by atoms with E-state index in [0.717, 1.165) is 28.8 Å². The molecular formula is C11H16N4OS. The van der Waals surface area contributed by atoms with Crippen LogP contribution in [-0.2, 0) is 11.3 Å². The molecule has 2 aromatic heterocycles. The molecule has 0 aliphatic heterocycles. The van der Waals surface area contributed by atoms with Crippen molar-refractivity contribution >= 4 is 16.5 Å². The van der Waals surface area contributed by atoms with E-state index in [1.165, 1.54) is 0 Å². The van der Waals surface area contributed by atoms with Gasteiger partial charge in [-0.2, -0.15) is 0 Å². The number of aryl methyl sites for hydroxylation is 1. The van der Waals surface area contributed by atoms with Gasteiger partial charge in [0.15, 0.2) is 5.13 Å². The van der Waals surface area contributed by atoms with Crippen molar-refractivity contribution in [3.8, 4) is 10.6 Å². The molecule has 92 valence electrons. The smallest absolute Gasteiger partial charge is 0.183 e. The van der Waals surface area contributed by atoms with Crippen molar-refractivity contribution in [2.45, 2.75) is 13.5 Å². The summed E-state index contributed by atoms with van der Waals surface area (Å²) in [5, 5.41) is 4.14. The van der Waals surface area contributed by atoms with Gasteiger partial charge in [0.1, 0.15) is 0 Å². The van der Waals surface area contributed by atoms with E-state index in [0.29, 0.717) is 6.61 Å². The van der Waals surface area contributed by atoms with Crippen LogP contribution < -0.4 is 5.32 Å². The van der Waals surface area contributed by atoms with E-state index in [1.54, 1.807) is 18.4 Å². The molecule has 2 heterocycles. The average Bonchev–Trinajstić information content (AvgIpc) is 2.96. The molecule has 0 saturated heterocycles. The van der Waals surface area contributed by atoms with Gasteiger partial charge in [-0.05, 0) is 6.92 Å². The second-order valence-corrected chi connectivity index (χ2v) is 4.54. The van der Waals surface area contributed by atoms with Crippen LogP contribution in [0.2, 0.25) is 0 Å². The van der Waals surface area contributed by atoms with E-state index < -0.39 is 0 Å². The predicted molar refractivity (Wildman–Crippen MR) is 69.4 cm³/mol. The summed E-state index contributed by atoms with van der Waals surface area (Å²) in [6.07, 6.45) is 5.59. The van der Waals surface area contributed by atoms with Crippen molar-refractivity contribution in [3.63, 3.8) is 0 Å². The molecule has 5 nitrogen and oxygen atoms in total. The summed E-state index contributed by atoms with van der Waals surface area (Å²) in [6, 6.07) is 0. The van der Waals surface area contributed by atoms with Crippen molar-refractivity contribution in [2.24, 2.45) is 0 Å². The summed E-state index contributed by atoms with van der Waals surface area (Å²) >= 11 is 1.63. The SMILES string of the molecule is CCn1cncc1-c1cnc(NCCOC)s1. The van der Waals surface area contributed by atoms with Crippen LogP contribution in [0.5, 0.6) is 0 Å². The molecule has 2 rings (SSSR count). The van der Waals surface area contributed by atoms with Crippen LogP contribution in [-0.4, -0.2) is 34.8 Å². The molecule has 0 spiro atoms.